The van der Waals surface area contributed by atoms with Crippen molar-refractivity contribution in [1.82, 2.24) is 9.97 Å². The Morgan fingerprint density at radius 2 is 1.90 bits per heavy atom. The summed E-state index contributed by atoms with van der Waals surface area (Å²) in [7, 11) is 0. The third kappa shape index (κ3) is 2.52. The zero-order valence-electron chi connectivity index (χ0n) is 12.0. The van der Waals surface area contributed by atoms with Crippen molar-refractivity contribution in [2.45, 2.75) is 20.3 Å². The molecule has 2 heterocycles. The lowest BCUT2D eigenvalue weighted by Gasteiger charge is -2.06. The zero-order chi connectivity index (χ0) is 14.8. The van der Waals surface area contributed by atoms with Crippen LogP contribution in [0.25, 0.3) is 22.8 Å². The van der Waals surface area contributed by atoms with Crippen LogP contribution in [0.4, 0.5) is 0 Å². The maximum Gasteiger partial charge on any atom is 0.254 e. The van der Waals surface area contributed by atoms with E-state index >= 15 is 0 Å². The van der Waals surface area contributed by atoms with Crippen LogP contribution < -0.4 is 5.56 Å². The molecule has 0 amide bonds. The Hall–Kier alpha value is -2.62. The lowest BCUT2D eigenvalue weighted by Crippen LogP contribution is -2.14. The minimum Gasteiger partial charge on any atom is -0.458 e. The second kappa shape index (κ2) is 5.40. The summed E-state index contributed by atoms with van der Waals surface area (Å²) < 4.78 is 5.67. The molecule has 3 rings (SSSR count). The van der Waals surface area contributed by atoms with E-state index in [-0.39, 0.29) is 5.56 Å². The van der Waals surface area contributed by atoms with Crippen LogP contribution in [0.15, 0.2) is 51.7 Å². The van der Waals surface area contributed by atoms with Gasteiger partial charge in [0.25, 0.3) is 5.56 Å². The average molecular weight is 280 g/mol. The van der Waals surface area contributed by atoms with Gasteiger partial charge in [-0.25, -0.2) is 4.98 Å². The molecule has 4 nitrogen and oxygen atoms in total. The second-order valence-electron chi connectivity index (χ2n) is 4.87. The van der Waals surface area contributed by atoms with Gasteiger partial charge < -0.3 is 9.40 Å². The van der Waals surface area contributed by atoms with Crippen molar-refractivity contribution in [2.75, 3.05) is 0 Å². The number of hydrogen-bond acceptors (Lipinski definition) is 3. The minimum absolute atomic E-state index is 0.145. The van der Waals surface area contributed by atoms with Gasteiger partial charge in [-0.1, -0.05) is 37.3 Å². The van der Waals surface area contributed by atoms with Crippen LogP contribution in [-0.2, 0) is 6.42 Å². The third-order valence-corrected chi connectivity index (χ3v) is 3.44. The molecule has 0 unspecified atom stereocenters. The normalized spacial score (nSPS) is 10.8. The van der Waals surface area contributed by atoms with Crippen molar-refractivity contribution in [3.05, 3.63) is 64.1 Å². The molecule has 0 bridgehead atoms. The molecule has 4 heteroatoms. The molecule has 0 saturated heterocycles. The average Bonchev–Trinajstić information content (AvgIpc) is 3.00. The van der Waals surface area contributed by atoms with E-state index in [1.807, 2.05) is 49.4 Å². The number of aromatic nitrogens is 2. The molecule has 1 N–H and O–H groups in total. The van der Waals surface area contributed by atoms with Crippen LogP contribution in [0.5, 0.6) is 0 Å². The zero-order valence-corrected chi connectivity index (χ0v) is 12.0. The lowest BCUT2D eigenvalue weighted by atomic mass is 10.1. The van der Waals surface area contributed by atoms with Crippen LogP contribution >= 0.6 is 0 Å². The smallest absolute Gasteiger partial charge is 0.254 e. The van der Waals surface area contributed by atoms with Crippen molar-refractivity contribution in [3.8, 4) is 22.8 Å². The van der Waals surface area contributed by atoms with Crippen LogP contribution in [0, 0.1) is 6.92 Å². The van der Waals surface area contributed by atoms with Crippen molar-refractivity contribution in [3.63, 3.8) is 0 Å². The Labute approximate surface area is 122 Å². The first-order valence-corrected chi connectivity index (χ1v) is 6.94. The highest BCUT2D eigenvalue weighted by molar-refractivity contribution is 5.64. The Balaban J connectivity index is 2.16. The molecule has 1 aromatic carbocycles. The Kier molecular flexibility index (Phi) is 3.44. The summed E-state index contributed by atoms with van der Waals surface area (Å²) in [5.41, 5.74) is 2.06. The van der Waals surface area contributed by atoms with Gasteiger partial charge in [0.15, 0.2) is 11.6 Å². The molecule has 0 atom stereocenters. The number of nitrogens with zero attached hydrogens (tertiary/aromatic N) is 1. The van der Waals surface area contributed by atoms with Gasteiger partial charge in [0, 0.05) is 17.5 Å². The van der Waals surface area contributed by atoms with E-state index in [0.717, 1.165) is 17.7 Å². The molecule has 0 spiro atoms. The van der Waals surface area contributed by atoms with Gasteiger partial charge >= 0.3 is 0 Å². The summed E-state index contributed by atoms with van der Waals surface area (Å²) in [5, 5.41) is 0. The molecular weight excluding hydrogens is 264 g/mol. The molecule has 3 aromatic rings. The van der Waals surface area contributed by atoms with Crippen molar-refractivity contribution < 1.29 is 4.42 Å². The molecule has 0 aliphatic carbocycles. The highest BCUT2D eigenvalue weighted by Crippen LogP contribution is 2.23. The fourth-order valence-electron chi connectivity index (χ4n) is 2.22. The minimum atomic E-state index is -0.145. The van der Waals surface area contributed by atoms with E-state index in [2.05, 4.69) is 9.97 Å². The number of aromatic amines is 1. The van der Waals surface area contributed by atoms with Gasteiger partial charge in [-0.2, -0.15) is 0 Å². The fraction of sp³-hybridized carbons (Fsp3) is 0.176. The molecule has 0 aliphatic heterocycles. The van der Waals surface area contributed by atoms with Gasteiger partial charge in [-0.3, -0.25) is 4.79 Å². The Morgan fingerprint density at radius 1 is 1.14 bits per heavy atom. The summed E-state index contributed by atoms with van der Waals surface area (Å²) in [4.78, 5) is 19.5. The lowest BCUT2D eigenvalue weighted by molar-refractivity contribution is 0.525. The number of aryl methyl sites for hydroxylation is 1. The van der Waals surface area contributed by atoms with Crippen molar-refractivity contribution in [1.29, 1.82) is 0 Å². The molecule has 2 aromatic heterocycles. The number of H-pyrrole nitrogens is 1. The first-order valence-electron chi connectivity index (χ1n) is 6.94. The van der Waals surface area contributed by atoms with Crippen LogP contribution in [0.1, 0.15) is 18.2 Å². The summed E-state index contributed by atoms with van der Waals surface area (Å²) in [5.74, 6) is 1.92. The maximum atomic E-state index is 12.1. The predicted octanol–water partition coefficient (Wildman–Crippen LogP) is 3.57. The van der Waals surface area contributed by atoms with Gasteiger partial charge in [0.2, 0.25) is 0 Å². The number of furan rings is 1. The molecule has 0 aliphatic rings. The Morgan fingerprint density at radius 3 is 2.57 bits per heavy atom. The molecule has 0 saturated carbocycles. The molecule has 0 fully saturated rings. The fourth-order valence-corrected chi connectivity index (χ4v) is 2.22. The number of benzene rings is 1. The van der Waals surface area contributed by atoms with Crippen molar-refractivity contribution >= 4 is 0 Å². The summed E-state index contributed by atoms with van der Waals surface area (Å²) in [6.45, 7) is 3.79. The van der Waals surface area contributed by atoms with E-state index < -0.39 is 0 Å². The van der Waals surface area contributed by atoms with E-state index in [1.54, 1.807) is 6.92 Å². The number of rotatable bonds is 3. The van der Waals surface area contributed by atoms with Crippen molar-refractivity contribution in [2.24, 2.45) is 0 Å². The van der Waals surface area contributed by atoms with Gasteiger partial charge in [-0.15, -0.1) is 0 Å². The summed E-state index contributed by atoms with van der Waals surface area (Å²) >= 11 is 0. The number of nitrogens with one attached hydrogen (secondary N) is 1. The van der Waals surface area contributed by atoms with E-state index in [1.165, 1.54) is 0 Å². The van der Waals surface area contributed by atoms with E-state index in [4.69, 9.17) is 4.42 Å². The largest absolute Gasteiger partial charge is 0.458 e. The van der Waals surface area contributed by atoms with Crippen LogP contribution in [0.3, 0.4) is 0 Å². The van der Waals surface area contributed by atoms with Gasteiger partial charge in [-0.05, 0) is 19.1 Å². The Bertz CT molecular complexity index is 816. The van der Waals surface area contributed by atoms with E-state index in [0.29, 0.717) is 22.8 Å². The SMILES string of the molecule is CCc1ccc(-c2nc(-c3ccccc3)c(C)c(=O)[nH]2)o1. The predicted molar refractivity (Wildman–Crippen MR) is 82.1 cm³/mol. The van der Waals surface area contributed by atoms with Gasteiger partial charge in [0.1, 0.15) is 5.76 Å². The number of hydrogen-bond donors (Lipinski definition) is 1. The molecular formula is C17H16N2O2. The third-order valence-electron chi connectivity index (χ3n) is 3.44. The summed E-state index contributed by atoms with van der Waals surface area (Å²) in [6.07, 6.45) is 0.807. The first-order chi connectivity index (χ1) is 10.2. The standard InChI is InChI=1S/C17H16N2O2/c1-3-13-9-10-14(21-13)16-18-15(11(2)17(20)19-16)12-7-5-4-6-8-12/h4-10H,3H2,1-2H3,(H,18,19,20). The maximum absolute atomic E-state index is 12.1. The van der Waals surface area contributed by atoms with E-state index in [9.17, 15) is 4.79 Å². The topological polar surface area (TPSA) is 58.9 Å². The first kappa shape index (κ1) is 13.4. The molecule has 106 valence electrons. The monoisotopic (exact) mass is 280 g/mol. The quantitative estimate of drug-likeness (QED) is 0.798. The highest BCUT2D eigenvalue weighted by Gasteiger charge is 2.13. The molecule has 21 heavy (non-hydrogen) atoms. The highest BCUT2D eigenvalue weighted by atomic mass is 16.3. The van der Waals surface area contributed by atoms with Crippen LogP contribution in [0.2, 0.25) is 0 Å². The van der Waals surface area contributed by atoms with Crippen LogP contribution in [-0.4, -0.2) is 9.97 Å². The molecule has 0 radical (unpaired) electrons. The summed E-state index contributed by atoms with van der Waals surface area (Å²) in [6, 6.07) is 13.4. The van der Waals surface area contributed by atoms with Gasteiger partial charge in [0.05, 0.1) is 5.69 Å². The second-order valence-corrected chi connectivity index (χ2v) is 4.87.